The van der Waals surface area contributed by atoms with Crippen LogP contribution in [0, 0.1) is 5.41 Å². The molecule has 2 nitrogen and oxygen atoms in total. The molecule has 10 heavy (non-hydrogen) atoms. The molecule has 0 aromatic rings. The van der Waals surface area contributed by atoms with Gasteiger partial charge in [-0.3, -0.25) is 5.41 Å². The lowest BCUT2D eigenvalue weighted by molar-refractivity contribution is 1.31. The fraction of sp³-hybridized carbons (Fsp3) is 0.125. The van der Waals surface area contributed by atoms with Crippen molar-refractivity contribution < 1.29 is 0 Å². The van der Waals surface area contributed by atoms with E-state index in [1.54, 1.807) is 6.08 Å². The second-order valence-electron chi connectivity index (χ2n) is 2.33. The summed E-state index contributed by atoms with van der Waals surface area (Å²) < 4.78 is 0. The number of rotatable bonds is 0. The van der Waals surface area contributed by atoms with Gasteiger partial charge in [0.1, 0.15) is 0 Å². The lowest BCUT2D eigenvalue weighted by Gasteiger charge is -2.11. The van der Waals surface area contributed by atoms with Crippen LogP contribution in [-0.4, -0.2) is 5.71 Å². The molecular weight excluding hydrogens is 124 g/mol. The van der Waals surface area contributed by atoms with Gasteiger partial charge in [-0.2, -0.15) is 0 Å². The first kappa shape index (κ1) is 6.81. The zero-order valence-corrected chi connectivity index (χ0v) is 5.94. The molecule has 0 spiro atoms. The van der Waals surface area contributed by atoms with Gasteiger partial charge in [0.05, 0.1) is 5.71 Å². The lowest BCUT2D eigenvalue weighted by atomic mass is 9.98. The molecule has 3 N–H and O–H groups in total. The van der Waals surface area contributed by atoms with Gasteiger partial charge in [-0.1, -0.05) is 12.7 Å². The average molecular weight is 134 g/mol. The Kier molecular flexibility index (Phi) is 1.45. The SMILES string of the molecule is C=C1C(=N)C(C)=CC=C1N. The largest absolute Gasteiger partial charge is 0.398 e. The number of nitrogens with one attached hydrogen (secondary N) is 1. The van der Waals surface area contributed by atoms with Gasteiger partial charge in [0.25, 0.3) is 0 Å². The van der Waals surface area contributed by atoms with E-state index in [0.29, 0.717) is 17.0 Å². The molecule has 0 saturated carbocycles. The fourth-order valence-electron chi connectivity index (χ4n) is 0.781. The highest BCUT2D eigenvalue weighted by Crippen LogP contribution is 2.14. The van der Waals surface area contributed by atoms with Crippen molar-refractivity contribution >= 4 is 5.71 Å². The molecule has 0 bridgehead atoms. The van der Waals surface area contributed by atoms with Gasteiger partial charge < -0.3 is 5.73 Å². The average Bonchev–Trinajstić information content (AvgIpc) is 1.93. The van der Waals surface area contributed by atoms with Crippen LogP contribution >= 0.6 is 0 Å². The molecule has 2 heteroatoms. The van der Waals surface area contributed by atoms with E-state index in [-0.39, 0.29) is 0 Å². The van der Waals surface area contributed by atoms with Gasteiger partial charge in [0, 0.05) is 11.3 Å². The summed E-state index contributed by atoms with van der Waals surface area (Å²) in [5, 5.41) is 7.44. The Balaban J connectivity index is 3.09. The first-order valence-electron chi connectivity index (χ1n) is 3.05. The highest BCUT2D eigenvalue weighted by Gasteiger charge is 2.09. The van der Waals surface area contributed by atoms with E-state index in [1.165, 1.54) is 0 Å². The van der Waals surface area contributed by atoms with Crippen molar-refractivity contribution in [3.8, 4) is 0 Å². The number of nitrogens with two attached hydrogens (primary N) is 1. The Morgan fingerprint density at radius 3 is 2.60 bits per heavy atom. The van der Waals surface area contributed by atoms with Gasteiger partial charge in [0.2, 0.25) is 0 Å². The van der Waals surface area contributed by atoms with Crippen molar-refractivity contribution in [1.82, 2.24) is 0 Å². The van der Waals surface area contributed by atoms with Gasteiger partial charge in [-0.25, -0.2) is 0 Å². The molecule has 0 fully saturated rings. The molecule has 1 aliphatic rings. The first-order chi connectivity index (χ1) is 4.63. The molecule has 0 unspecified atom stereocenters. The Hall–Kier alpha value is -1.31. The van der Waals surface area contributed by atoms with Crippen LogP contribution in [0.25, 0.3) is 0 Å². The summed E-state index contributed by atoms with van der Waals surface area (Å²) in [5.41, 5.74) is 8.09. The van der Waals surface area contributed by atoms with Crippen molar-refractivity contribution in [2.75, 3.05) is 0 Å². The van der Waals surface area contributed by atoms with Gasteiger partial charge >= 0.3 is 0 Å². The maximum absolute atomic E-state index is 7.44. The molecule has 1 rings (SSSR count). The van der Waals surface area contributed by atoms with Crippen LogP contribution in [0.15, 0.2) is 35.6 Å². The quantitative estimate of drug-likeness (QED) is 0.516. The maximum atomic E-state index is 7.44. The molecule has 0 amide bonds. The minimum atomic E-state index is 0.444. The number of hydrogen-bond acceptors (Lipinski definition) is 2. The molecule has 0 aliphatic heterocycles. The summed E-state index contributed by atoms with van der Waals surface area (Å²) in [7, 11) is 0. The third-order valence-electron chi connectivity index (χ3n) is 1.56. The fourth-order valence-corrected chi connectivity index (χ4v) is 0.781. The summed E-state index contributed by atoms with van der Waals surface area (Å²) in [6.45, 7) is 5.54. The normalized spacial score (nSPS) is 18.5. The minimum absolute atomic E-state index is 0.444. The number of hydrogen-bond donors (Lipinski definition) is 2. The smallest absolute Gasteiger partial charge is 0.0656 e. The predicted molar refractivity (Wildman–Crippen MR) is 42.9 cm³/mol. The van der Waals surface area contributed by atoms with Crippen LogP contribution in [0.3, 0.4) is 0 Å². The summed E-state index contributed by atoms with van der Waals surface area (Å²) in [5.74, 6) is 0. The third kappa shape index (κ3) is 0.880. The van der Waals surface area contributed by atoms with Crippen LogP contribution in [0.4, 0.5) is 0 Å². The zero-order valence-electron chi connectivity index (χ0n) is 5.94. The van der Waals surface area contributed by atoms with Gasteiger partial charge in [0.15, 0.2) is 0 Å². The van der Waals surface area contributed by atoms with E-state index >= 15 is 0 Å². The van der Waals surface area contributed by atoms with Gasteiger partial charge in [-0.15, -0.1) is 0 Å². The molecule has 0 aromatic carbocycles. The van der Waals surface area contributed by atoms with Crippen molar-refractivity contribution in [3.63, 3.8) is 0 Å². The Bertz CT molecular complexity index is 220. The molecule has 0 radical (unpaired) electrons. The maximum Gasteiger partial charge on any atom is 0.0656 e. The minimum Gasteiger partial charge on any atom is -0.398 e. The zero-order chi connectivity index (χ0) is 7.72. The van der Waals surface area contributed by atoms with Crippen molar-refractivity contribution in [2.45, 2.75) is 6.92 Å². The Morgan fingerprint density at radius 2 is 2.10 bits per heavy atom. The molecule has 52 valence electrons. The van der Waals surface area contributed by atoms with Gasteiger partial charge in [-0.05, 0) is 18.6 Å². The van der Waals surface area contributed by atoms with Crippen LogP contribution in [-0.2, 0) is 0 Å². The Morgan fingerprint density at radius 1 is 1.50 bits per heavy atom. The summed E-state index contributed by atoms with van der Waals surface area (Å²) in [6, 6.07) is 0. The summed E-state index contributed by atoms with van der Waals surface area (Å²) in [4.78, 5) is 0. The van der Waals surface area contributed by atoms with Crippen LogP contribution < -0.4 is 5.73 Å². The standard InChI is InChI=1S/C8H10N2/c1-5-3-4-7(9)6(2)8(5)10/h3-4,10H,2,9H2,1H3. The molecule has 0 aromatic heterocycles. The highest BCUT2D eigenvalue weighted by molar-refractivity contribution is 6.13. The summed E-state index contributed by atoms with van der Waals surface area (Å²) in [6.07, 6.45) is 3.60. The second kappa shape index (κ2) is 2.14. The Labute approximate surface area is 60.2 Å². The van der Waals surface area contributed by atoms with E-state index in [2.05, 4.69) is 6.58 Å². The molecule has 0 saturated heterocycles. The lowest BCUT2D eigenvalue weighted by Crippen LogP contribution is -2.13. The van der Waals surface area contributed by atoms with Crippen LogP contribution in [0.5, 0.6) is 0 Å². The third-order valence-corrected chi connectivity index (χ3v) is 1.56. The molecule has 0 heterocycles. The van der Waals surface area contributed by atoms with Crippen LogP contribution in [0.2, 0.25) is 0 Å². The number of allylic oxidation sites excluding steroid dienone is 4. The monoisotopic (exact) mass is 134 g/mol. The topological polar surface area (TPSA) is 49.9 Å². The summed E-state index contributed by atoms with van der Waals surface area (Å²) >= 11 is 0. The first-order valence-corrected chi connectivity index (χ1v) is 3.05. The van der Waals surface area contributed by atoms with Crippen molar-refractivity contribution in [1.29, 1.82) is 5.41 Å². The van der Waals surface area contributed by atoms with E-state index in [9.17, 15) is 0 Å². The van der Waals surface area contributed by atoms with E-state index in [4.69, 9.17) is 11.1 Å². The van der Waals surface area contributed by atoms with Crippen LogP contribution in [0.1, 0.15) is 6.92 Å². The van der Waals surface area contributed by atoms with Crippen molar-refractivity contribution in [2.24, 2.45) is 5.73 Å². The highest BCUT2D eigenvalue weighted by atomic mass is 14.6. The predicted octanol–water partition coefficient (Wildman–Crippen LogP) is 1.36. The molecule has 0 atom stereocenters. The van der Waals surface area contributed by atoms with E-state index in [1.807, 2.05) is 13.0 Å². The second-order valence-corrected chi connectivity index (χ2v) is 2.33. The van der Waals surface area contributed by atoms with E-state index < -0.39 is 0 Å². The van der Waals surface area contributed by atoms with Crippen molar-refractivity contribution in [3.05, 3.63) is 35.6 Å². The molecular formula is C8H10N2. The molecule has 1 aliphatic carbocycles. The van der Waals surface area contributed by atoms with E-state index in [0.717, 1.165) is 5.57 Å².